The Bertz CT molecular complexity index is 457. The molecule has 21 heavy (non-hydrogen) atoms. The molecule has 0 aromatic carbocycles. The Hall–Kier alpha value is -1.46. The van der Waals surface area contributed by atoms with Crippen molar-refractivity contribution >= 4 is 5.91 Å². The number of aliphatic hydroxyl groups is 1. The van der Waals surface area contributed by atoms with Gasteiger partial charge in [0.2, 0.25) is 0 Å². The summed E-state index contributed by atoms with van der Waals surface area (Å²) in [5, 5.41) is 8.75. The minimum atomic E-state index is 0.100. The Labute approximate surface area is 125 Å². The minimum Gasteiger partial charge on any atom is -0.396 e. The Kier molecular flexibility index (Phi) is 6.14. The van der Waals surface area contributed by atoms with Crippen molar-refractivity contribution in [1.82, 2.24) is 9.88 Å². The van der Waals surface area contributed by atoms with Crippen molar-refractivity contribution in [2.45, 2.75) is 38.7 Å². The third kappa shape index (κ3) is 4.25. The highest BCUT2D eigenvalue weighted by atomic mass is 16.5. The van der Waals surface area contributed by atoms with E-state index in [-0.39, 0.29) is 18.6 Å². The molecular formula is C16H24N2O3. The number of carbonyl (C=O) groups excluding carboxylic acids is 1. The summed E-state index contributed by atoms with van der Waals surface area (Å²) >= 11 is 0. The number of ether oxygens (including phenoxy) is 1. The lowest BCUT2D eigenvalue weighted by molar-refractivity contribution is 0.00395. The van der Waals surface area contributed by atoms with E-state index in [1.165, 1.54) is 0 Å². The Balaban J connectivity index is 1.88. The molecule has 1 aromatic heterocycles. The van der Waals surface area contributed by atoms with Crippen LogP contribution in [0.5, 0.6) is 0 Å². The van der Waals surface area contributed by atoms with Crippen LogP contribution < -0.4 is 0 Å². The Morgan fingerprint density at radius 3 is 2.90 bits per heavy atom. The van der Waals surface area contributed by atoms with Crippen LogP contribution in [0.4, 0.5) is 0 Å². The van der Waals surface area contributed by atoms with Gasteiger partial charge in [0.1, 0.15) is 0 Å². The van der Waals surface area contributed by atoms with Gasteiger partial charge in [-0.1, -0.05) is 6.92 Å². The zero-order valence-corrected chi connectivity index (χ0v) is 12.6. The van der Waals surface area contributed by atoms with Gasteiger partial charge < -0.3 is 14.7 Å². The number of nitrogens with zero attached hydrogens (tertiary/aromatic N) is 2. The maximum absolute atomic E-state index is 12.6. The van der Waals surface area contributed by atoms with Gasteiger partial charge in [-0.3, -0.25) is 9.78 Å². The van der Waals surface area contributed by atoms with E-state index in [2.05, 4.69) is 4.98 Å². The van der Waals surface area contributed by atoms with Crippen molar-refractivity contribution in [3.8, 4) is 0 Å². The van der Waals surface area contributed by atoms with Crippen molar-refractivity contribution in [3.05, 3.63) is 29.6 Å². The number of aromatic nitrogens is 1. The second-order valence-electron chi connectivity index (χ2n) is 5.33. The van der Waals surface area contributed by atoms with Crippen LogP contribution in [0, 0.1) is 0 Å². The predicted octanol–water partition coefficient (Wildman–Crippen LogP) is 1.65. The average Bonchev–Trinajstić information content (AvgIpc) is 2.55. The lowest BCUT2D eigenvalue weighted by Crippen LogP contribution is -2.41. The molecule has 0 saturated carbocycles. The fraction of sp³-hybridized carbons (Fsp3) is 0.625. The second kappa shape index (κ2) is 8.10. The smallest absolute Gasteiger partial charge is 0.254 e. The molecule has 1 aromatic rings. The molecule has 1 fully saturated rings. The molecule has 1 saturated heterocycles. The second-order valence-corrected chi connectivity index (χ2v) is 5.33. The number of aliphatic hydroxyl groups excluding tert-OH is 1. The first kappa shape index (κ1) is 15.9. The topological polar surface area (TPSA) is 62.7 Å². The normalized spacial score (nSPS) is 16.2. The van der Waals surface area contributed by atoms with Gasteiger partial charge in [0.25, 0.3) is 5.91 Å². The first-order chi connectivity index (χ1) is 10.3. The van der Waals surface area contributed by atoms with Crippen LogP contribution in [0.2, 0.25) is 0 Å². The highest BCUT2D eigenvalue weighted by Gasteiger charge is 2.25. The molecule has 2 heterocycles. The number of aryl methyl sites for hydroxylation is 1. The van der Waals surface area contributed by atoms with Gasteiger partial charge in [-0.15, -0.1) is 0 Å². The summed E-state index contributed by atoms with van der Waals surface area (Å²) in [5.41, 5.74) is 1.77. The Morgan fingerprint density at radius 2 is 2.24 bits per heavy atom. The zero-order chi connectivity index (χ0) is 15.1. The van der Waals surface area contributed by atoms with Crippen molar-refractivity contribution < 1.29 is 14.6 Å². The maximum atomic E-state index is 12.6. The number of piperidine rings is 1. The van der Waals surface area contributed by atoms with Gasteiger partial charge >= 0.3 is 0 Å². The number of amides is 1. The molecule has 1 amide bonds. The zero-order valence-electron chi connectivity index (χ0n) is 12.6. The molecule has 0 unspecified atom stereocenters. The molecule has 0 aliphatic carbocycles. The van der Waals surface area contributed by atoms with Crippen molar-refractivity contribution in [1.29, 1.82) is 0 Å². The SMILES string of the molecule is CCc1cnccc1C(=O)N1CCC(OCCCO)CC1. The van der Waals surface area contributed by atoms with E-state index in [9.17, 15) is 4.79 Å². The van der Waals surface area contributed by atoms with Crippen LogP contribution >= 0.6 is 0 Å². The summed E-state index contributed by atoms with van der Waals surface area (Å²) in [4.78, 5) is 18.6. The summed E-state index contributed by atoms with van der Waals surface area (Å²) in [6.45, 7) is 4.26. The summed E-state index contributed by atoms with van der Waals surface area (Å²) in [5.74, 6) is 0.100. The van der Waals surface area contributed by atoms with E-state index >= 15 is 0 Å². The van der Waals surface area contributed by atoms with Crippen LogP contribution in [0.15, 0.2) is 18.5 Å². The third-order valence-corrected chi connectivity index (χ3v) is 3.90. The number of pyridine rings is 1. The molecule has 1 N–H and O–H groups in total. The molecule has 5 heteroatoms. The van der Waals surface area contributed by atoms with E-state index in [4.69, 9.17) is 9.84 Å². The van der Waals surface area contributed by atoms with Crippen LogP contribution in [0.1, 0.15) is 42.1 Å². The molecule has 0 bridgehead atoms. The first-order valence-corrected chi connectivity index (χ1v) is 7.71. The van der Waals surface area contributed by atoms with Crippen molar-refractivity contribution in [3.63, 3.8) is 0 Å². The quantitative estimate of drug-likeness (QED) is 0.810. The number of likely N-dealkylation sites (tertiary alicyclic amines) is 1. The molecule has 0 atom stereocenters. The van der Waals surface area contributed by atoms with Crippen LogP contribution in [-0.4, -0.2) is 53.3 Å². The van der Waals surface area contributed by atoms with Gasteiger partial charge in [-0.2, -0.15) is 0 Å². The van der Waals surface area contributed by atoms with Crippen LogP contribution in [-0.2, 0) is 11.2 Å². The lowest BCUT2D eigenvalue weighted by Gasteiger charge is -2.32. The number of hydrogen-bond acceptors (Lipinski definition) is 4. The molecule has 1 aliphatic rings. The van der Waals surface area contributed by atoms with Crippen molar-refractivity contribution in [2.24, 2.45) is 0 Å². The fourth-order valence-corrected chi connectivity index (χ4v) is 2.63. The van der Waals surface area contributed by atoms with Gasteiger partial charge in [-0.05, 0) is 37.3 Å². The van der Waals surface area contributed by atoms with Gasteiger partial charge in [-0.25, -0.2) is 0 Å². The van der Waals surface area contributed by atoms with Gasteiger partial charge in [0.15, 0.2) is 0 Å². The standard InChI is InChI=1S/C16H24N2O3/c1-2-13-12-17-7-4-15(13)16(20)18-8-5-14(6-9-18)21-11-3-10-19/h4,7,12,14,19H,2-3,5-6,8-11H2,1H3. The van der Waals surface area contributed by atoms with Crippen molar-refractivity contribution in [2.75, 3.05) is 26.3 Å². The molecular weight excluding hydrogens is 268 g/mol. The average molecular weight is 292 g/mol. The molecule has 1 aliphatic heterocycles. The molecule has 0 radical (unpaired) electrons. The number of rotatable bonds is 6. The first-order valence-electron chi connectivity index (χ1n) is 7.71. The highest BCUT2D eigenvalue weighted by molar-refractivity contribution is 5.95. The summed E-state index contributed by atoms with van der Waals surface area (Å²) in [6, 6.07) is 1.81. The third-order valence-electron chi connectivity index (χ3n) is 3.90. The van der Waals surface area contributed by atoms with E-state index in [1.807, 2.05) is 17.9 Å². The van der Waals surface area contributed by atoms with Gasteiger partial charge in [0.05, 0.1) is 6.10 Å². The van der Waals surface area contributed by atoms with E-state index < -0.39 is 0 Å². The number of carbonyl (C=O) groups is 1. The molecule has 2 rings (SSSR count). The van der Waals surface area contributed by atoms with Gasteiger partial charge in [0, 0.05) is 44.3 Å². The summed E-state index contributed by atoms with van der Waals surface area (Å²) in [7, 11) is 0. The molecule has 116 valence electrons. The van der Waals surface area contributed by atoms with E-state index in [0.717, 1.165) is 43.5 Å². The minimum absolute atomic E-state index is 0.100. The predicted molar refractivity (Wildman–Crippen MR) is 80.2 cm³/mol. The molecule has 0 spiro atoms. The van der Waals surface area contributed by atoms with E-state index in [1.54, 1.807) is 12.4 Å². The van der Waals surface area contributed by atoms with Crippen LogP contribution in [0.3, 0.4) is 0 Å². The monoisotopic (exact) mass is 292 g/mol. The fourth-order valence-electron chi connectivity index (χ4n) is 2.63. The van der Waals surface area contributed by atoms with Crippen LogP contribution in [0.25, 0.3) is 0 Å². The highest BCUT2D eigenvalue weighted by Crippen LogP contribution is 2.18. The Morgan fingerprint density at radius 1 is 1.48 bits per heavy atom. The summed E-state index contributed by atoms with van der Waals surface area (Å²) < 4.78 is 5.69. The number of hydrogen-bond donors (Lipinski definition) is 1. The largest absolute Gasteiger partial charge is 0.396 e. The molecule has 5 nitrogen and oxygen atoms in total. The summed E-state index contributed by atoms with van der Waals surface area (Å²) in [6.07, 6.45) is 6.89. The maximum Gasteiger partial charge on any atom is 0.254 e. The lowest BCUT2D eigenvalue weighted by atomic mass is 10.0. The van der Waals surface area contributed by atoms with E-state index in [0.29, 0.717) is 13.0 Å².